The van der Waals surface area contributed by atoms with Gasteiger partial charge in [0.2, 0.25) is 11.8 Å². The van der Waals surface area contributed by atoms with Gasteiger partial charge >= 0.3 is 0 Å². The average molecular weight is 498 g/mol. The van der Waals surface area contributed by atoms with Gasteiger partial charge in [-0.1, -0.05) is 53.5 Å². The first-order valence-electron chi connectivity index (χ1n) is 10.7. The number of amides is 2. The van der Waals surface area contributed by atoms with Gasteiger partial charge < -0.3 is 10.1 Å². The largest absolute Gasteiger partial charge is 0.488 e. The summed E-state index contributed by atoms with van der Waals surface area (Å²) in [6.07, 6.45) is 1.49. The van der Waals surface area contributed by atoms with Crippen LogP contribution in [0.15, 0.2) is 65.8 Å². The number of carbonyl (C=O) groups is 2. The summed E-state index contributed by atoms with van der Waals surface area (Å²) >= 11 is 12.3. The maximum Gasteiger partial charge on any atom is 0.240 e. The zero-order valence-electron chi connectivity index (χ0n) is 18.9. The lowest BCUT2D eigenvalue weighted by Gasteiger charge is -2.10. The van der Waals surface area contributed by atoms with Crippen molar-refractivity contribution in [3.8, 4) is 5.75 Å². The van der Waals surface area contributed by atoms with E-state index in [4.69, 9.17) is 27.9 Å². The fourth-order valence-corrected chi connectivity index (χ4v) is 3.43. The number of halogens is 2. The molecular formula is C26H25Cl2N3O3. The number of hydrogen-bond acceptors (Lipinski definition) is 4. The van der Waals surface area contributed by atoms with E-state index in [0.29, 0.717) is 21.4 Å². The Labute approximate surface area is 208 Å². The van der Waals surface area contributed by atoms with E-state index >= 15 is 0 Å². The van der Waals surface area contributed by atoms with E-state index in [0.717, 1.165) is 22.4 Å². The smallest absolute Gasteiger partial charge is 0.240 e. The van der Waals surface area contributed by atoms with E-state index in [-0.39, 0.29) is 31.3 Å². The molecule has 34 heavy (non-hydrogen) atoms. The molecule has 0 spiro atoms. The van der Waals surface area contributed by atoms with Crippen molar-refractivity contribution in [3.63, 3.8) is 0 Å². The molecule has 3 aromatic rings. The fraction of sp³-hybridized carbons (Fsp3) is 0.192. The highest BCUT2D eigenvalue weighted by Crippen LogP contribution is 2.24. The van der Waals surface area contributed by atoms with Gasteiger partial charge in [0.05, 0.1) is 6.21 Å². The third-order valence-corrected chi connectivity index (χ3v) is 5.56. The number of hydrazone groups is 1. The molecule has 0 radical (unpaired) electrons. The zero-order valence-corrected chi connectivity index (χ0v) is 20.4. The minimum absolute atomic E-state index is 0.000550. The Morgan fingerprint density at radius 3 is 2.53 bits per heavy atom. The predicted molar refractivity (Wildman–Crippen MR) is 137 cm³/mol. The Morgan fingerprint density at radius 1 is 0.971 bits per heavy atom. The molecule has 0 fully saturated rings. The van der Waals surface area contributed by atoms with E-state index in [2.05, 4.69) is 15.8 Å². The molecule has 2 N–H and O–H groups in total. The molecule has 0 aliphatic rings. The highest BCUT2D eigenvalue weighted by atomic mass is 35.5. The van der Waals surface area contributed by atoms with Crippen LogP contribution in [-0.2, 0) is 16.2 Å². The molecule has 0 saturated heterocycles. The minimum atomic E-state index is -0.382. The van der Waals surface area contributed by atoms with Gasteiger partial charge in [0.15, 0.2) is 0 Å². The Balaban J connectivity index is 1.52. The number of nitrogens with one attached hydrogen (secondary N) is 2. The van der Waals surface area contributed by atoms with Crippen LogP contribution in [-0.4, -0.2) is 18.0 Å². The molecule has 0 saturated carbocycles. The van der Waals surface area contributed by atoms with Crippen LogP contribution in [0.3, 0.4) is 0 Å². The molecule has 176 valence electrons. The first-order chi connectivity index (χ1) is 16.3. The Bertz CT molecular complexity index is 1210. The SMILES string of the molecule is Cc1ccc(C)c(NC(=O)CCC(=O)NN=Cc2cc(Cl)ccc2OCc2ccccc2Cl)c1. The molecule has 6 nitrogen and oxygen atoms in total. The summed E-state index contributed by atoms with van der Waals surface area (Å²) in [4.78, 5) is 24.3. The normalized spacial score (nSPS) is 10.8. The number of nitrogens with zero attached hydrogens (tertiary/aromatic N) is 1. The summed E-state index contributed by atoms with van der Waals surface area (Å²) in [5, 5.41) is 7.93. The van der Waals surface area contributed by atoms with Gasteiger partial charge in [-0.25, -0.2) is 5.43 Å². The number of rotatable bonds is 9. The van der Waals surface area contributed by atoms with Crippen molar-refractivity contribution in [1.29, 1.82) is 0 Å². The Kier molecular flexibility index (Phi) is 9.08. The van der Waals surface area contributed by atoms with Crippen molar-refractivity contribution >= 4 is 46.9 Å². The van der Waals surface area contributed by atoms with Gasteiger partial charge in [-0.2, -0.15) is 5.10 Å². The maximum atomic E-state index is 12.2. The van der Waals surface area contributed by atoms with Crippen LogP contribution in [0.2, 0.25) is 10.0 Å². The van der Waals surface area contributed by atoms with Gasteiger partial charge in [-0.3, -0.25) is 9.59 Å². The Morgan fingerprint density at radius 2 is 1.74 bits per heavy atom. The van der Waals surface area contributed by atoms with Crippen LogP contribution >= 0.6 is 23.2 Å². The van der Waals surface area contributed by atoms with Crippen LogP contribution in [0.1, 0.15) is 35.1 Å². The highest BCUT2D eigenvalue weighted by Gasteiger charge is 2.09. The van der Waals surface area contributed by atoms with E-state index in [9.17, 15) is 9.59 Å². The first kappa shape index (κ1) is 25.3. The lowest BCUT2D eigenvalue weighted by molar-refractivity contribution is -0.124. The van der Waals surface area contributed by atoms with Crippen molar-refractivity contribution in [2.75, 3.05) is 5.32 Å². The van der Waals surface area contributed by atoms with Crippen molar-refractivity contribution in [3.05, 3.63) is 93.0 Å². The van der Waals surface area contributed by atoms with E-state index < -0.39 is 0 Å². The molecule has 0 heterocycles. The fourth-order valence-electron chi connectivity index (χ4n) is 3.06. The second kappa shape index (κ2) is 12.2. The van der Waals surface area contributed by atoms with E-state index in [1.165, 1.54) is 6.21 Å². The van der Waals surface area contributed by atoms with E-state index in [1.807, 2.05) is 50.2 Å². The summed E-state index contributed by atoms with van der Waals surface area (Å²) in [6.45, 7) is 4.14. The quantitative estimate of drug-likeness (QED) is 0.278. The van der Waals surface area contributed by atoms with Crippen molar-refractivity contribution in [2.45, 2.75) is 33.3 Å². The van der Waals surface area contributed by atoms with Crippen LogP contribution in [0.25, 0.3) is 0 Å². The number of hydrogen-bond donors (Lipinski definition) is 2. The lowest BCUT2D eigenvalue weighted by Crippen LogP contribution is -2.21. The van der Waals surface area contributed by atoms with Crippen molar-refractivity contribution in [1.82, 2.24) is 5.43 Å². The van der Waals surface area contributed by atoms with Gasteiger partial charge in [0.25, 0.3) is 0 Å². The van der Waals surface area contributed by atoms with Gasteiger partial charge in [-0.05, 0) is 55.3 Å². The maximum absolute atomic E-state index is 12.2. The first-order valence-corrected chi connectivity index (χ1v) is 11.4. The number of carbonyl (C=O) groups excluding carboxylic acids is 2. The summed E-state index contributed by atoms with van der Waals surface area (Å²) in [5.41, 5.74) is 6.61. The topological polar surface area (TPSA) is 79.8 Å². The highest BCUT2D eigenvalue weighted by molar-refractivity contribution is 6.31. The third kappa shape index (κ3) is 7.61. The molecule has 0 atom stereocenters. The minimum Gasteiger partial charge on any atom is -0.488 e. The number of benzene rings is 3. The second-order valence-corrected chi connectivity index (χ2v) is 8.57. The van der Waals surface area contributed by atoms with Gasteiger partial charge in [-0.15, -0.1) is 0 Å². The van der Waals surface area contributed by atoms with Crippen molar-refractivity contribution in [2.24, 2.45) is 5.10 Å². The standard InChI is InChI=1S/C26H25Cl2N3O3/c1-17-7-8-18(2)23(13-17)30-25(32)11-12-26(33)31-29-15-20-14-21(27)9-10-24(20)34-16-19-5-3-4-6-22(19)28/h3-10,13-15H,11-12,16H2,1-2H3,(H,30,32)(H,31,33). The Hall–Kier alpha value is -3.35. The molecule has 3 rings (SSSR count). The molecule has 3 aromatic carbocycles. The molecule has 0 aliphatic heterocycles. The average Bonchev–Trinajstić information content (AvgIpc) is 2.80. The summed E-state index contributed by atoms with van der Waals surface area (Å²) in [7, 11) is 0. The van der Waals surface area contributed by atoms with Gasteiger partial charge in [0, 0.05) is 39.7 Å². The number of ether oxygens (including phenoxy) is 1. The van der Waals surface area contributed by atoms with Crippen molar-refractivity contribution < 1.29 is 14.3 Å². The molecule has 0 aromatic heterocycles. The molecule has 8 heteroatoms. The molecule has 0 bridgehead atoms. The monoisotopic (exact) mass is 497 g/mol. The summed E-state index contributed by atoms with van der Waals surface area (Å²) in [6, 6.07) is 18.3. The van der Waals surface area contributed by atoms with Crippen LogP contribution in [0.5, 0.6) is 5.75 Å². The third-order valence-electron chi connectivity index (χ3n) is 4.95. The van der Waals surface area contributed by atoms with Crippen LogP contribution in [0, 0.1) is 13.8 Å². The molecule has 0 unspecified atom stereocenters. The van der Waals surface area contributed by atoms with Gasteiger partial charge in [0.1, 0.15) is 12.4 Å². The summed E-state index contributed by atoms with van der Waals surface area (Å²) in [5.74, 6) is -0.0823. The molecule has 2 amide bonds. The van der Waals surface area contributed by atoms with E-state index in [1.54, 1.807) is 24.3 Å². The van der Waals surface area contributed by atoms with Crippen LogP contribution < -0.4 is 15.5 Å². The molecular weight excluding hydrogens is 473 g/mol. The number of aryl methyl sites for hydroxylation is 2. The second-order valence-electron chi connectivity index (χ2n) is 7.72. The zero-order chi connectivity index (χ0) is 24.5. The van der Waals surface area contributed by atoms with Crippen LogP contribution in [0.4, 0.5) is 5.69 Å². The number of anilines is 1. The molecule has 0 aliphatic carbocycles. The lowest BCUT2D eigenvalue weighted by atomic mass is 10.1. The predicted octanol–water partition coefficient (Wildman–Crippen LogP) is 6.06. The summed E-state index contributed by atoms with van der Waals surface area (Å²) < 4.78 is 5.87.